The molecule has 1 aliphatic rings. The summed E-state index contributed by atoms with van der Waals surface area (Å²) in [6.07, 6.45) is 1.43. The van der Waals surface area contributed by atoms with Gasteiger partial charge in [0.15, 0.2) is 6.61 Å². The number of benzene rings is 1. The minimum Gasteiger partial charge on any atom is -0.482 e. The number of carbonyl (C=O) groups is 2. The van der Waals surface area contributed by atoms with Crippen molar-refractivity contribution in [3.05, 3.63) is 18.2 Å². The summed E-state index contributed by atoms with van der Waals surface area (Å²) in [6, 6.07) is 5.19. The molecule has 7 heteroatoms. The maximum atomic E-state index is 12.2. The van der Waals surface area contributed by atoms with Gasteiger partial charge in [-0.15, -0.1) is 12.4 Å². The molecule has 22 heavy (non-hydrogen) atoms. The summed E-state index contributed by atoms with van der Waals surface area (Å²) in [5.41, 5.74) is 6.32. The van der Waals surface area contributed by atoms with Crippen molar-refractivity contribution in [1.29, 1.82) is 0 Å². The van der Waals surface area contributed by atoms with Crippen LogP contribution in [0.5, 0.6) is 5.75 Å². The summed E-state index contributed by atoms with van der Waals surface area (Å²) >= 11 is 0. The van der Waals surface area contributed by atoms with Crippen LogP contribution >= 0.6 is 12.4 Å². The minimum absolute atomic E-state index is 0. The van der Waals surface area contributed by atoms with Gasteiger partial charge in [-0.3, -0.25) is 9.59 Å². The molecular weight excluding hydrogens is 306 g/mol. The summed E-state index contributed by atoms with van der Waals surface area (Å²) < 4.78 is 5.34. The van der Waals surface area contributed by atoms with Crippen LogP contribution in [0.2, 0.25) is 0 Å². The highest BCUT2D eigenvalue weighted by Crippen LogP contribution is 2.33. The number of rotatable bonds is 4. The number of nitrogens with one attached hydrogen (secondary N) is 1. The number of fused-ring (bicyclic) bond motifs is 1. The minimum atomic E-state index is -0.914. The summed E-state index contributed by atoms with van der Waals surface area (Å²) in [4.78, 5) is 25.3. The van der Waals surface area contributed by atoms with Gasteiger partial charge in [-0.25, -0.2) is 0 Å². The highest BCUT2D eigenvalue weighted by molar-refractivity contribution is 6.01. The van der Waals surface area contributed by atoms with Gasteiger partial charge in [-0.2, -0.15) is 0 Å². The molecule has 1 atom stereocenters. The maximum absolute atomic E-state index is 12.2. The second-order valence-electron chi connectivity index (χ2n) is 5.55. The van der Waals surface area contributed by atoms with E-state index in [4.69, 9.17) is 10.5 Å². The van der Waals surface area contributed by atoms with Crippen LogP contribution in [0.25, 0.3) is 0 Å². The molecule has 122 valence electrons. The summed E-state index contributed by atoms with van der Waals surface area (Å²) in [5, 5.41) is 2.80. The molecule has 0 saturated heterocycles. The molecule has 1 aromatic rings. The molecule has 0 aliphatic carbocycles. The third-order valence-electron chi connectivity index (χ3n) is 3.59. The largest absolute Gasteiger partial charge is 0.482 e. The molecule has 6 nitrogen and oxygen atoms in total. The van der Waals surface area contributed by atoms with Crippen molar-refractivity contribution in [3.63, 3.8) is 0 Å². The zero-order valence-electron chi connectivity index (χ0n) is 13.0. The van der Waals surface area contributed by atoms with Crippen LogP contribution in [-0.4, -0.2) is 31.0 Å². The molecule has 3 N–H and O–H groups in total. The molecule has 1 aliphatic heterocycles. The van der Waals surface area contributed by atoms with Gasteiger partial charge in [0.25, 0.3) is 5.91 Å². The molecule has 0 fully saturated rings. The lowest BCUT2D eigenvalue weighted by Gasteiger charge is -2.27. The number of halogens is 1. The van der Waals surface area contributed by atoms with Crippen molar-refractivity contribution in [1.82, 2.24) is 0 Å². The molecular formula is C15H22ClN3O3. The number of hydrogen-bond acceptors (Lipinski definition) is 4. The van der Waals surface area contributed by atoms with E-state index in [1.807, 2.05) is 6.92 Å². The Balaban J connectivity index is 0.00000242. The summed E-state index contributed by atoms with van der Waals surface area (Å²) in [6.45, 7) is 3.73. The van der Waals surface area contributed by atoms with E-state index in [0.717, 1.165) is 6.42 Å². The summed E-state index contributed by atoms with van der Waals surface area (Å²) in [7, 11) is 1.68. The molecule has 2 amide bonds. The molecule has 0 radical (unpaired) electrons. The number of amides is 2. The Morgan fingerprint density at radius 2 is 2.18 bits per heavy atom. The smallest absolute Gasteiger partial charge is 0.264 e. The Morgan fingerprint density at radius 1 is 1.50 bits per heavy atom. The third kappa shape index (κ3) is 3.69. The van der Waals surface area contributed by atoms with Crippen LogP contribution in [0.15, 0.2) is 18.2 Å². The molecule has 1 heterocycles. The molecule has 0 saturated carbocycles. The first-order valence-electron chi connectivity index (χ1n) is 6.99. The van der Waals surface area contributed by atoms with E-state index in [1.165, 1.54) is 4.90 Å². The second-order valence-corrected chi connectivity index (χ2v) is 5.55. The van der Waals surface area contributed by atoms with Gasteiger partial charge in [0.05, 0.1) is 11.2 Å². The average Bonchev–Trinajstić information content (AvgIpc) is 2.43. The van der Waals surface area contributed by atoms with E-state index >= 15 is 0 Å². The van der Waals surface area contributed by atoms with E-state index in [1.54, 1.807) is 32.2 Å². The third-order valence-corrected chi connectivity index (χ3v) is 3.59. The van der Waals surface area contributed by atoms with Crippen LogP contribution in [0.1, 0.15) is 26.7 Å². The number of likely N-dealkylation sites (N-methyl/N-ethyl adjacent to an activating group) is 1. The Bertz CT molecular complexity index is 575. The van der Waals surface area contributed by atoms with Gasteiger partial charge in [0.1, 0.15) is 5.75 Å². The normalized spacial score (nSPS) is 16.0. The lowest BCUT2D eigenvalue weighted by Crippen LogP contribution is -2.48. The number of ether oxygens (including phenoxy) is 1. The molecule has 1 unspecified atom stereocenters. The number of hydrogen-bond donors (Lipinski definition) is 2. The van der Waals surface area contributed by atoms with E-state index in [-0.39, 0.29) is 30.8 Å². The lowest BCUT2D eigenvalue weighted by molar-refractivity contribution is -0.121. The van der Waals surface area contributed by atoms with Gasteiger partial charge in [-0.1, -0.05) is 13.3 Å². The fourth-order valence-electron chi connectivity index (χ4n) is 2.26. The van der Waals surface area contributed by atoms with Crippen molar-refractivity contribution >= 4 is 35.6 Å². The average molecular weight is 328 g/mol. The molecule has 0 aromatic heterocycles. The first-order valence-corrected chi connectivity index (χ1v) is 6.99. The van der Waals surface area contributed by atoms with Crippen LogP contribution in [-0.2, 0) is 9.59 Å². The van der Waals surface area contributed by atoms with Gasteiger partial charge < -0.3 is 20.7 Å². The number of anilines is 2. The van der Waals surface area contributed by atoms with Crippen LogP contribution < -0.4 is 20.7 Å². The van der Waals surface area contributed by atoms with Gasteiger partial charge in [-0.05, 0) is 31.5 Å². The van der Waals surface area contributed by atoms with Crippen LogP contribution in [0.3, 0.4) is 0 Å². The predicted molar refractivity (Wildman–Crippen MR) is 88.7 cm³/mol. The number of nitrogens with zero attached hydrogens (tertiary/aromatic N) is 1. The Labute approximate surface area is 136 Å². The second kappa shape index (κ2) is 6.98. The predicted octanol–water partition coefficient (Wildman–Crippen LogP) is 1.92. The highest BCUT2D eigenvalue weighted by atomic mass is 35.5. The van der Waals surface area contributed by atoms with Crippen molar-refractivity contribution in [2.45, 2.75) is 32.2 Å². The fourth-order valence-corrected chi connectivity index (χ4v) is 2.26. The maximum Gasteiger partial charge on any atom is 0.264 e. The van der Waals surface area contributed by atoms with E-state index in [2.05, 4.69) is 5.32 Å². The Hall–Kier alpha value is -1.79. The first kappa shape index (κ1) is 18.3. The molecule has 0 bridgehead atoms. The van der Waals surface area contributed by atoms with Gasteiger partial charge >= 0.3 is 0 Å². The quantitative estimate of drug-likeness (QED) is 0.884. The number of nitrogens with two attached hydrogens (primary N) is 1. The number of carbonyl (C=O) groups excluding carboxylic acids is 2. The van der Waals surface area contributed by atoms with Crippen molar-refractivity contribution in [2.24, 2.45) is 5.73 Å². The van der Waals surface area contributed by atoms with E-state index < -0.39 is 5.54 Å². The van der Waals surface area contributed by atoms with E-state index in [9.17, 15) is 9.59 Å². The first-order chi connectivity index (χ1) is 9.85. The zero-order valence-corrected chi connectivity index (χ0v) is 13.8. The lowest BCUT2D eigenvalue weighted by atomic mass is 9.96. The van der Waals surface area contributed by atoms with Crippen molar-refractivity contribution in [3.8, 4) is 5.75 Å². The summed E-state index contributed by atoms with van der Waals surface area (Å²) in [5.74, 6) is 0.259. The van der Waals surface area contributed by atoms with Gasteiger partial charge in [0.2, 0.25) is 5.91 Å². The van der Waals surface area contributed by atoms with E-state index in [0.29, 0.717) is 23.5 Å². The Morgan fingerprint density at radius 3 is 2.82 bits per heavy atom. The van der Waals surface area contributed by atoms with Gasteiger partial charge in [0, 0.05) is 12.7 Å². The molecule has 2 rings (SSSR count). The van der Waals surface area contributed by atoms with Crippen LogP contribution in [0.4, 0.5) is 11.4 Å². The zero-order chi connectivity index (χ0) is 15.6. The monoisotopic (exact) mass is 327 g/mol. The van der Waals surface area contributed by atoms with Crippen LogP contribution in [0, 0.1) is 0 Å². The standard InChI is InChI=1S/C15H21N3O3.ClH/c1-4-7-15(2,16)14(20)17-10-5-6-12-11(8-10)18(3)13(19)9-21-12;/h5-6,8H,4,7,9,16H2,1-3H3,(H,17,20);1H. The fraction of sp³-hybridized carbons (Fsp3) is 0.467. The molecule has 1 aromatic carbocycles. The van der Waals surface area contributed by atoms with Crippen molar-refractivity contribution < 1.29 is 14.3 Å². The SMILES string of the molecule is CCCC(C)(N)C(=O)Nc1ccc2c(c1)N(C)C(=O)CO2.Cl. The highest BCUT2D eigenvalue weighted by Gasteiger charge is 2.28. The molecule has 0 spiro atoms. The topological polar surface area (TPSA) is 84.7 Å². The Kier molecular flexibility index (Phi) is 5.79. The van der Waals surface area contributed by atoms with Crippen molar-refractivity contribution in [2.75, 3.05) is 23.9 Å².